The molecule has 0 radical (unpaired) electrons. The minimum atomic E-state index is -0.385. The molecular weight excluding hydrogens is 266 g/mol. The van der Waals surface area contributed by atoms with Crippen molar-refractivity contribution in [2.75, 3.05) is 12.3 Å². The molecule has 0 saturated carbocycles. The van der Waals surface area contributed by atoms with Crippen molar-refractivity contribution in [3.63, 3.8) is 0 Å². The normalized spacial score (nSPS) is 10.2. The van der Waals surface area contributed by atoms with Gasteiger partial charge in [0.05, 0.1) is 17.9 Å². The first-order valence-corrected chi connectivity index (χ1v) is 6.98. The summed E-state index contributed by atoms with van der Waals surface area (Å²) < 4.78 is 10.8. The van der Waals surface area contributed by atoms with E-state index in [-0.39, 0.29) is 5.97 Å². The number of hydrogen-bond acceptors (Lipinski definition) is 4. The number of benzene rings is 2. The largest absolute Gasteiger partial charge is 0.462 e. The number of rotatable bonds is 5. The molecule has 4 nitrogen and oxygen atoms in total. The first kappa shape index (κ1) is 14.9. The minimum Gasteiger partial charge on any atom is -0.462 e. The molecule has 0 spiro atoms. The maximum atomic E-state index is 11.6. The van der Waals surface area contributed by atoms with E-state index in [0.717, 1.165) is 17.7 Å². The third-order valence-corrected chi connectivity index (χ3v) is 3.09. The van der Waals surface area contributed by atoms with Gasteiger partial charge in [-0.2, -0.15) is 0 Å². The Bertz CT molecular complexity index is 638. The van der Waals surface area contributed by atoms with E-state index in [0.29, 0.717) is 23.6 Å². The molecule has 0 bridgehead atoms. The average molecular weight is 285 g/mol. The number of esters is 1. The zero-order valence-electron chi connectivity index (χ0n) is 12.3. The lowest BCUT2D eigenvalue weighted by Gasteiger charge is -2.12. The van der Waals surface area contributed by atoms with Gasteiger partial charge in [-0.15, -0.1) is 0 Å². The molecule has 0 aliphatic carbocycles. The summed E-state index contributed by atoms with van der Waals surface area (Å²) in [7, 11) is 0. The number of ether oxygens (including phenoxy) is 2. The summed E-state index contributed by atoms with van der Waals surface area (Å²) in [5, 5.41) is 0. The van der Waals surface area contributed by atoms with Gasteiger partial charge in [0.1, 0.15) is 11.5 Å². The Kier molecular flexibility index (Phi) is 4.82. The molecule has 2 aromatic carbocycles. The van der Waals surface area contributed by atoms with Gasteiger partial charge in [-0.1, -0.05) is 25.1 Å². The van der Waals surface area contributed by atoms with Crippen molar-refractivity contribution in [3.8, 4) is 11.5 Å². The molecule has 2 aromatic rings. The van der Waals surface area contributed by atoms with Gasteiger partial charge >= 0.3 is 5.97 Å². The summed E-state index contributed by atoms with van der Waals surface area (Å²) in [4.78, 5) is 11.6. The van der Waals surface area contributed by atoms with Crippen LogP contribution in [-0.4, -0.2) is 12.6 Å². The molecule has 0 atom stereocenters. The molecule has 0 heterocycles. The fourth-order valence-corrected chi connectivity index (χ4v) is 2.00. The van der Waals surface area contributed by atoms with E-state index >= 15 is 0 Å². The van der Waals surface area contributed by atoms with Crippen LogP contribution in [0, 0.1) is 0 Å². The summed E-state index contributed by atoms with van der Waals surface area (Å²) in [6.07, 6.45) is 0.872. The third-order valence-electron chi connectivity index (χ3n) is 3.09. The van der Waals surface area contributed by atoms with E-state index in [4.69, 9.17) is 15.2 Å². The molecule has 0 fully saturated rings. The molecule has 0 unspecified atom stereocenters. The Morgan fingerprint density at radius 3 is 2.52 bits per heavy atom. The zero-order valence-corrected chi connectivity index (χ0v) is 12.3. The van der Waals surface area contributed by atoms with Crippen molar-refractivity contribution >= 4 is 11.7 Å². The summed E-state index contributed by atoms with van der Waals surface area (Å²) in [6, 6.07) is 12.7. The van der Waals surface area contributed by atoms with Gasteiger partial charge in [0.15, 0.2) is 0 Å². The van der Waals surface area contributed by atoms with Gasteiger partial charge in [0, 0.05) is 0 Å². The Morgan fingerprint density at radius 2 is 1.86 bits per heavy atom. The molecule has 4 heteroatoms. The molecule has 110 valence electrons. The lowest BCUT2D eigenvalue weighted by molar-refractivity contribution is 0.0526. The number of anilines is 1. The van der Waals surface area contributed by atoms with Crippen molar-refractivity contribution < 1.29 is 14.3 Å². The predicted octanol–water partition coefficient (Wildman–Crippen LogP) is 3.80. The molecule has 0 saturated heterocycles. The Hall–Kier alpha value is -2.49. The number of hydrogen-bond donors (Lipinski definition) is 1. The van der Waals surface area contributed by atoms with Crippen LogP contribution in [0.3, 0.4) is 0 Å². The monoisotopic (exact) mass is 285 g/mol. The quantitative estimate of drug-likeness (QED) is 0.670. The first-order chi connectivity index (χ1) is 10.2. The first-order valence-electron chi connectivity index (χ1n) is 6.98. The summed E-state index contributed by atoms with van der Waals surface area (Å²) in [5.74, 6) is 0.921. The van der Waals surface area contributed by atoms with E-state index in [1.807, 2.05) is 24.3 Å². The van der Waals surface area contributed by atoms with Crippen LogP contribution >= 0.6 is 0 Å². The molecule has 0 amide bonds. The second kappa shape index (κ2) is 6.79. The number of carbonyl (C=O) groups is 1. The van der Waals surface area contributed by atoms with Crippen LogP contribution in [0.4, 0.5) is 5.69 Å². The van der Waals surface area contributed by atoms with Crippen LogP contribution < -0.4 is 10.5 Å². The van der Waals surface area contributed by atoms with E-state index in [9.17, 15) is 4.79 Å². The minimum absolute atomic E-state index is 0.334. The van der Waals surface area contributed by atoms with Crippen LogP contribution in [-0.2, 0) is 11.2 Å². The second-order valence-corrected chi connectivity index (χ2v) is 4.54. The van der Waals surface area contributed by atoms with Crippen molar-refractivity contribution in [2.24, 2.45) is 0 Å². The van der Waals surface area contributed by atoms with Crippen LogP contribution in [0.5, 0.6) is 11.5 Å². The average Bonchev–Trinajstić information content (AvgIpc) is 2.50. The summed E-state index contributed by atoms with van der Waals surface area (Å²) in [5.41, 5.74) is 7.90. The van der Waals surface area contributed by atoms with Gasteiger partial charge in [0.2, 0.25) is 0 Å². The maximum Gasteiger partial charge on any atom is 0.338 e. The second-order valence-electron chi connectivity index (χ2n) is 4.54. The molecule has 0 aromatic heterocycles. The SMILES string of the molecule is CCOC(=O)c1ccc(Oc2ccccc2CC)c(N)c1. The van der Waals surface area contributed by atoms with E-state index in [1.54, 1.807) is 25.1 Å². The van der Waals surface area contributed by atoms with E-state index < -0.39 is 0 Å². The van der Waals surface area contributed by atoms with Gasteiger partial charge < -0.3 is 15.2 Å². The highest BCUT2D eigenvalue weighted by Crippen LogP contribution is 2.30. The van der Waals surface area contributed by atoms with E-state index in [1.165, 1.54) is 0 Å². The van der Waals surface area contributed by atoms with Crippen molar-refractivity contribution in [1.29, 1.82) is 0 Å². The number of nitrogen functional groups attached to an aromatic ring is 1. The Balaban J connectivity index is 2.23. The Morgan fingerprint density at radius 1 is 1.10 bits per heavy atom. The summed E-state index contributed by atoms with van der Waals surface area (Å²) >= 11 is 0. The van der Waals surface area contributed by atoms with Crippen molar-refractivity contribution in [3.05, 3.63) is 53.6 Å². The van der Waals surface area contributed by atoms with Crippen molar-refractivity contribution in [1.82, 2.24) is 0 Å². The fraction of sp³-hybridized carbons (Fsp3) is 0.235. The van der Waals surface area contributed by atoms with Crippen LogP contribution in [0.15, 0.2) is 42.5 Å². The highest BCUT2D eigenvalue weighted by molar-refractivity contribution is 5.91. The Labute approximate surface area is 124 Å². The van der Waals surface area contributed by atoms with Crippen LogP contribution in [0.2, 0.25) is 0 Å². The topological polar surface area (TPSA) is 61.5 Å². The van der Waals surface area contributed by atoms with Gasteiger partial charge in [0.25, 0.3) is 0 Å². The molecule has 21 heavy (non-hydrogen) atoms. The summed E-state index contributed by atoms with van der Waals surface area (Å²) in [6.45, 7) is 4.16. The fourth-order valence-electron chi connectivity index (χ4n) is 2.00. The molecular formula is C17H19NO3. The molecule has 0 aliphatic heterocycles. The molecule has 2 rings (SSSR count). The predicted molar refractivity (Wildman–Crippen MR) is 82.7 cm³/mol. The number of nitrogens with two attached hydrogens (primary N) is 1. The van der Waals surface area contributed by atoms with Gasteiger partial charge in [-0.25, -0.2) is 4.79 Å². The lowest BCUT2D eigenvalue weighted by Crippen LogP contribution is -2.05. The number of aryl methyl sites for hydroxylation is 1. The number of para-hydroxylation sites is 1. The smallest absolute Gasteiger partial charge is 0.338 e. The third kappa shape index (κ3) is 3.54. The van der Waals surface area contributed by atoms with E-state index in [2.05, 4.69) is 6.92 Å². The highest BCUT2D eigenvalue weighted by atomic mass is 16.5. The maximum absolute atomic E-state index is 11.6. The van der Waals surface area contributed by atoms with Gasteiger partial charge in [-0.05, 0) is 43.2 Å². The highest BCUT2D eigenvalue weighted by Gasteiger charge is 2.11. The number of carbonyl (C=O) groups excluding carboxylic acids is 1. The van der Waals surface area contributed by atoms with Crippen molar-refractivity contribution in [2.45, 2.75) is 20.3 Å². The van der Waals surface area contributed by atoms with Gasteiger partial charge in [-0.3, -0.25) is 0 Å². The lowest BCUT2D eigenvalue weighted by atomic mass is 10.1. The standard InChI is InChI=1S/C17H19NO3/c1-3-12-7-5-6-8-15(12)21-16-10-9-13(11-14(16)18)17(19)20-4-2/h5-11H,3-4,18H2,1-2H3. The van der Waals surface area contributed by atoms with Crippen LogP contribution in [0.25, 0.3) is 0 Å². The molecule has 0 aliphatic rings. The zero-order chi connectivity index (χ0) is 15.2. The molecule has 2 N–H and O–H groups in total. The van der Waals surface area contributed by atoms with Crippen LogP contribution in [0.1, 0.15) is 29.8 Å².